The molecule has 0 saturated heterocycles. The third-order valence-corrected chi connectivity index (χ3v) is 3.67. The van der Waals surface area contributed by atoms with Crippen LogP contribution in [0.2, 0.25) is 0 Å². The summed E-state index contributed by atoms with van der Waals surface area (Å²) < 4.78 is 40.6. The van der Waals surface area contributed by atoms with E-state index in [1.165, 1.54) is 10.5 Å². The van der Waals surface area contributed by atoms with Crippen LogP contribution in [0.4, 0.5) is 19.0 Å². The number of nitrogens with zero attached hydrogens (tertiary/aromatic N) is 2. The standard InChI is InChI=1S/C19H16F3N3/c1-4-13-6-5-7-14(10-13)17-18(23-12(2)3)25-11-15(19(20,21)22)8-9-16(25)24-17/h1,5-12,23H,2-3H3. The number of hydrogen-bond acceptors (Lipinski definition) is 2. The summed E-state index contributed by atoms with van der Waals surface area (Å²) in [6.45, 7) is 3.82. The molecular formula is C19H16F3N3. The summed E-state index contributed by atoms with van der Waals surface area (Å²) in [7, 11) is 0. The Morgan fingerprint density at radius 1 is 1.20 bits per heavy atom. The highest BCUT2D eigenvalue weighted by molar-refractivity contribution is 5.77. The number of pyridine rings is 1. The molecule has 3 rings (SSSR count). The molecule has 25 heavy (non-hydrogen) atoms. The number of aromatic nitrogens is 2. The highest BCUT2D eigenvalue weighted by Crippen LogP contribution is 2.34. The summed E-state index contributed by atoms with van der Waals surface area (Å²) in [5.41, 5.74) is 1.69. The lowest BCUT2D eigenvalue weighted by Gasteiger charge is -2.13. The van der Waals surface area contributed by atoms with Gasteiger partial charge in [0, 0.05) is 23.4 Å². The molecule has 1 N–H and O–H groups in total. The number of anilines is 1. The van der Waals surface area contributed by atoms with Crippen molar-refractivity contribution in [3.8, 4) is 23.6 Å². The Morgan fingerprint density at radius 3 is 2.60 bits per heavy atom. The predicted octanol–water partition coefficient (Wildman–Crippen LogP) is 4.82. The molecule has 3 nitrogen and oxygen atoms in total. The van der Waals surface area contributed by atoms with Crippen LogP contribution in [0.3, 0.4) is 0 Å². The van der Waals surface area contributed by atoms with Gasteiger partial charge >= 0.3 is 6.18 Å². The number of hydrogen-bond donors (Lipinski definition) is 1. The van der Waals surface area contributed by atoms with Crippen LogP contribution in [0.5, 0.6) is 0 Å². The fraction of sp³-hybridized carbons (Fsp3) is 0.211. The molecular weight excluding hydrogens is 327 g/mol. The maximum Gasteiger partial charge on any atom is 0.417 e. The predicted molar refractivity (Wildman–Crippen MR) is 92.3 cm³/mol. The van der Waals surface area contributed by atoms with Crippen molar-refractivity contribution in [2.24, 2.45) is 0 Å². The third-order valence-electron chi connectivity index (χ3n) is 3.67. The van der Waals surface area contributed by atoms with Crippen molar-refractivity contribution in [2.75, 3.05) is 5.32 Å². The lowest BCUT2D eigenvalue weighted by atomic mass is 10.1. The van der Waals surface area contributed by atoms with Crippen LogP contribution in [-0.4, -0.2) is 15.4 Å². The van der Waals surface area contributed by atoms with E-state index in [1.54, 1.807) is 18.2 Å². The van der Waals surface area contributed by atoms with Crippen LogP contribution < -0.4 is 5.32 Å². The highest BCUT2D eigenvalue weighted by atomic mass is 19.4. The fourth-order valence-corrected chi connectivity index (χ4v) is 2.58. The number of nitrogens with one attached hydrogen (secondary N) is 1. The first-order valence-corrected chi connectivity index (χ1v) is 7.72. The molecule has 0 spiro atoms. The molecule has 0 unspecified atom stereocenters. The van der Waals surface area contributed by atoms with Gasteiger partial charge < -0.3 is 5.32 Å². The fourth-order valence-electron chi connectivity index (χ4n) is 2.58. The lowest BCUT2D eigenvalue weighted by molar-refractivity contribution is -0.137. The summed E-state index contributed by atoms with van der Waals surface area (Å²) in [5.74, 6) is 3.06. The summed E-state index contributed by atoms with van der Waals surface area (Å²) in [5, 5.41) is 3.19. The first-order valence-electron chi connectivity index (χ1n) is 7.72. The van der Waals surface area contributed by atoms with Gasteiger partial charge in [-0.05, 0) is 38.1 Å². The van der Waals surface area contributed by atoms with E-state index in [9.17, 15) is 13.2 Å². The molecule has 6 heteroatoms. The molecule has 2 aromatic heterocycles. The Balaban J connectivity index is 2.25. The van der Waals surface area contributed by atoms with Gasteiger partial charge in [0.15, 0.2) is 0 Å². The van der Waals surface area contributed by atoms with Crippen LogP contribution in [0.25, 0.3) is 16.9 Å². The van der Waals surface area contributed by atoms with Gasteiger partial charge in [-0.25, -0.2) is 4.98 Å². The van der Waals surface area contributed by atoms with Gasteiger partial charge in [-0.1, -0.05) is 18.1 Å². The van der Waals surface area contributed by atoms with Crippen molar-refractivity contribution in [3.05, 3.63) is 53.7 Å². The molecule has 3 aromatic rings. The van der Waals surface area contributed by atoms with Crippen molar-refractivity contribution in [3.63, 3.8) is 0 Å². The molecule has 1 aromatic carbocycles. The second-order valence-corrected chi connectivity index (χ2v) is 5.98. The van der Waals surface area contributed by atoms with E-state index in [0.717, 1.165) is 17.8 Å². The lowest BCUT2D eigenvalue weighted by Crippen LogP contribution is -2.13. The summed E-state index contributed by atoms with van der Waals surface area (Å²) >= 11 is 0. The van der Waals surface area contributed by atoms with Crippen molar-refractivity contribution in [2.45, 2.75) is 26.1 Å². The molecule has 0 radical (unpaired) electrons. The van der Waals surface area contributed by atoms with Gasteiger partial charge in [-0.2, -0.15) is 13.2 Å². The molecule has 0 amide bonds. The number of halogens is 3. The molecule has 0 aliphatic rings. The molecule has 0 aliphatic heterocycles. The van der Waals surface area contributed by atoms with Gasteiger partial charge in [0.1, 0.15) is 17.2 Å². The van der Waals surface area contributed by atoms with E-state index in [-0.39, 0.29) is 6.04 Å². The smallest absolute Gasteiger partial charge is 0.367 e. The van der Waals surface area contributed by atoms with Gasteiger partial charge in [0.2, 0.25) is 0 Å². The van der Waals surface area contributed by atoms with Crippen LogP contribution in [-0.2, 0) is 6.18 Å². The number of terminal acetylenes is 1. The maximum absolute atomic E-state index is 13.1. The summed E-state index contributed by atoms with van der Waals surface area (Å²) in [6.07, 6.45) is 2.08. The Labute approximate surface area is 143 Å². The highest BCUT2D eigenvalue weighted by Gasteiger charge is 2.31. The normalized spacial score (nSPS) is 11.7. The van der Waals surface area contributed by atoms with Crippen molar-refractivity contribution >= 4 is 11.5 Å². The van der Waals surface area contributed by atoms with Crippen LogP contribution in [0.15, 0.2) is 42.6 Å². The van der Waals surface area contributed by atoms with Crippen LogP contribution in [0.1, 0.15) is 25.0 Å². The minimum Gasteiger partial charge on any atom is -0.367 e. The van der Waals surface area contributed by atoms with Crippen molar-refractivity contribution < 1.29 is 13.2 Å². The monoisotopic (exact) mass is 343 g/mol. The minimum atomic E-state index is -4.42. The van der Waals surface area contributed by atoms with Crippen LogP contribution in [0, 0.1) is 12.3 Å². The zero-order valence-corrected chi connectivity index (χ0v) is 13.7. The Morgan fingerprint density at radius 2 is 1.96 bits per heavy atom. The minimum absolute atomic E-state index is 0.0176. The zero-order chi connectivity index (χ0) is 18.2. The third kappa shape index (κ3) is 3.31. The Bertz CT molecular complexity index is 962. The SMILES string of the molecule is C#Cc1cccc(-c2nc3ccc(C(F)(F)F)cn3c2NC(C)C)c1. The van der Waals surface area contributed by atoms with Crippen molar-refractivity contribution in [1.82, 2.24) is 9.38 Å². The average Bonchev–Trinajstić information content (AvgIpc) is 2.91. The van der Waals surface area contributed by atoms with E-state index in [4.69, 9.17) is 6.42 Å². The second kappa shape index (κ2) is 6.17. The molecule has 0 saturated carbocycles. The van der Waals surface area contributed by atoms with E-state index in [1.807, 2.05) is 19.9 Å². The number of imidazole rings is 1. The van der Waals surface area contributed by atoms with Gasteiger partial charge in [0.25, 0.3) is 0 Å². The zero-order valence-electron chi connectivity index (χ0n) is 13.7. The Hall–Kier alpha value is -2.94. The summed E-state index contributed by atoms with van der Waals surface area (Å²) in [4.78, 5) is 4.50. The number of alkyl halides is 3. The maximum atomic E-state index is 13.1. The molecule has 128 valence electrons. The second-order valence-electron chi connectivity index (χ2n) is 5.98. The topological polar surface area (TPSA) is 29.3 Å². The van der Waals surface area contributed by atoms with Crippen molar-refractivity contribution in [1.29, 1.82) is 0 Å². The van der Waals surface area contributed by atoms with Gasteiger partial charge in [-0.15, -0.1) is 6.42 Å². The Kier molecular flexibility index (Phi) is 4.17. The van der Waals surface area contributed by atoms with E-state index in [2.05, 4.69) is 16.2 Å². The largest absolute Gasteiger partial charge is 0.417 e. The average molecular weight is 343 g/mol. The van der Waals surface area contributed by atoms with E-state index in [0.29, 0.717) is 22.7 Å². The first kappa shape index (κ1) is 16.9. The quantitative estimate of drug-likeness (QED) is 0.691. The van der Waals surface area contributed by atoms with Gasteiger partial charge in [-0.3, -0.25) is 4.40 Å². The first-order chi connectivity index (χ1) is 11.8. The van der Waals surface area contributed by atoms with E-state index < -0.39 is 11.7 Å². The van der Waals surface area contributed by atoms with Gasteiger partial charge in [0.05, 0.1) is 5.56 Å². The molecule has 2 heterocycles. The molecule has 0 bridgehead atoms. The number of benzene rings is 1. The van der Waals surface area contributed by atoms with E-state index >= 15 is 0 Å². The molecule has 0 atom stereocenters. The molecule has 0 aliphatic carbocycles. The summed E-state index contributed by atoms with van der Waals surface area (Å²) in [6, 6.07) is 9.62. The number of rotatable bonds is 3. The molecule has 0 fully saturated rings. The van der Waals surface area contributed by atoms with Crippen LogP contribution >= 0.6 is 0 Å². The number of fused-ring (bicyclic) bond motifs is 1.